The number of para-hydroxylation sites is 1. The first-order valence-corrected chi connectivity index (χ1v) is 7.13. The van der Waals surface area contributed by atoms with Crippen molar-refractivity contribution < 1.29 is 0 Å². The highest BCUT2D eigenvalue weighted by Crippen LogP contribution is 2.34. The zero-order valence-electron chi connectivity index (χ0n) is 10.5. The van der Waals surface area contributed by atoms with Crippen LogP contribution >= 0.6 is 11.3 Å². The number of aryl methyl sites for hydroxylation is 1. The second kappa shape index (κ2) is 4.03. The van der Waals surface area contributed by atoms with Crippen LogP contribution in [0.5, 0.6) is 0 Å². The van der Waals surface area contributed by atoms with E-state index in [2.05, 4.69) is 44.9 Å². The van der Waals surface area contributed by atoms with Crippen molar-refractivity contribution in [3.05, 3.63) is 40.7 Å². The van der Waals surface area contributed by atoms with Crippen LogP contribution in [0.25, 0.3) is 4.96 Å². The minimum Gasteiger partial charge on any atom is -0.384 e. The number of hydrogen-bond donors (Lipinski definition) is 1. The summed E-state index contributed by atoms with van der Waals surface area (Å²) in [5.74, 6) is 1.35. The molecular weight excluding hydrogens is 258 g/mol. The third-order valence-corrected chi connectivity index (χ3v) is 4.47. The fourth-order valence-electron chi connectivity index (χ4n) is 2.59. The van der Waals surface area contributed by atoms with Crippen molar-refractivity contribution in [2.75, 3.05) is 11.9 Å². The summed E-state index contributed by atoms with van der Waals surface area (Å²) in [5, 5.41) is 17.3. The predicted octanol–water partition coefficient (Wildman–Crippen LogP) is 2.25. The summed E-state index contributed by atoms with van der Waals surface area (Å²) in [6.45, 7) is 2.91. The van der Waals surface area contributed by atoms with Crippen molar-refractivity contribution in [3.8, 4) is 0 Å². The van der Waals surface area contributed by atoms with Gasteiger partial charge in [0, 0.05) is 24.6 Å². The quantitative estimate of drug-likeness (QED) is 0.776. The molecule has 0 saturated heterocycles. The molecule has 2 aromatic heterocycles. The lowest BCUT2D eigenvalue weighted by molar-refractivity contribution is 0.727. The van der Waals surface area contributed by atoms with E-state index in [4.69, 9.17) is 0 Å². The number of benzene rings is 1. The summed E-state index contributed by atoms with van der Waals surface area (Å²) >= 11 is 1.63. The Morgan fingerprint density at radius 1 is 1.37 bits per heavy atom. The molecule has 0 saturated carbocycles. The molecule has 0 fully saturated rings. The minimum atomic E-state index is 0.500. The molecule has 6 heteroatoms. The fraction of sp³-hybridized carbons (Fsp3) is 0.308. The van der Waals surface area contributed by atoms with Gasteiger partial charge in [-0.1, -0.05) is 29.5 Å². The Morgan fingerprint density at radius 3 is 3.16 bits per heavy atom. The maximum Gasteiger partial charge on any atom is 0.234 e. The van der Waals surface area contributed by atoms with E-state index in [0.29, 0.717) is 5.92 Å². The molecule has 4 rings (SSSR count). The maximum atomic E-state index is 4.59. The standard InChI is InChI=1S/C13H13N5S/c1-8-15-16-13-18(8)17-12(19-13)6-9-7-14-11-5-3-2-4-10(9)11/h2-5,9,14H,6-7H2,1H3. The molecule has 0 radical (unpaired) electrons. The molecular formula is C13H13N5S. The summed E-state index contributed by atoms with van der Waals surface area (Å²) in [6.07, 6.45) is 0.956. The van der Waals surface area contributed by atoms with Gasteiger partial charge >= 0.3 is 0 Å². The molecule has 96 valence electrons. The lowest BCUT2D eigenvalue weighted by Gasteiger charge is -2.06. The van der Waals surface area contributed by atoms with Crippen molar-refractivity contribution in [1.82, 2.24) is 19.8 Å². The SMILES string of the molecule is Cc1nnc2sc(CC3CNc4ccccc43)nn12. The van der Waals surface area contributed by atoms with Gasteiger partial charge < -0.3 is 5.32 Å². The van der Waals surface area contributed by atoms with Crippen molar-refractivity contribution in [1.29, 1.82) is 0 Å². The Balaban J connectivity index is 1.65. The van der Waals surface area contributed by atoms with Gasteiger partial charge in [0.2, 0.25) is 4.96 Å². The fourth-order valence-corrected chi connectivity index (χ4v) is 3.55. The van der Waals surface area contributed by atoms with Crippen molar-refractivity contribution >= 4 is 22.0 Å². The Labute approximate surface area is 114 Å². The van der Waals surface area contributed by atoms with Gasteiger partial charge in [0.1, 0.15) is 5.01 Å². The van der Waals surface area contributed by atoms with Gasteiger partial charge in [-0.25, -0.2) is 0 Å². The summed E-state index contributed by atoms with van der Waals surface area (Å²) < 4.78 is 1.83. The third-order valence-electron chi connectivity index (χ3n) is 3.55. The Morgan fingerprint density at radius 2 is 2.26 bits per heavy atom. The van der Waals surface area contributed by atoms with Crippen LogP contribution in [0, 0.1) is 6.92 Å². The predicted molar refractivity (Wildman–Crippen MR) is 74.8 cm³/mol. The summed E-state index contributed by atoms with van der Waals surface area (Å²) in [6, 6.07) is 8.51. The Hall–Kier alpha value is -1.95. The second-order valence-corrected chi connectivity index (χ2v) is 5.85. The van der Waals surface area contributed by atoms with Gasteiger partial charge in [-0.3, -0.25) is 0 Å². The molecule has 19 heavy (non-hydrogen) atoms. The van der Waals surface area contributed by atoms with Crippen LogP contribution in [0.4, 0.5) is 5.69 Å². The average Bonchev–Trinajstić information content (AvgIpc) is 3.09. The first-order valence-electron chi connectivity index (χ1n) is 6.32. The summed E-state index contributed by atoms with van der Waals surface area (Å²) in [4.78, 5) is 0.881. The molecule has 0 amide bonds. The molecule has 1 unspecified atom stereocenters. The minimum absolute atomic E-state index is 0.500. The third kappa shape index (κ3) is 1.71. The van der Waals surface area contributed by atoms with Crippen LogP contribution in [0.2, 0.25) is 0 Å². The van der Waals surface area contributed by atoms with Gasteiger partial charge in [0.15, 0.2) is 5.82 Å². The monoisotopic (exact) mass is 271 g/mol. The van der Waals surface area contributed by atoms with Crippen molar-refractivity contribution in [2.45, 2.75) is 19.3 Å². The molecule has 1 aliphatic heterocycles. The van der Waals surface area contributed by atoms with Crippen LogP contribution in [-0.4, -0.2) is 26.4 Å². The highest BCUT2D eigenvalue weighted by molar-refractivity contribution is 7.16. The van der Waals surface area contributed by atoms with Crippen LogP contribution in [0.3, 0.4) is 0 Å². The van der Waals surface area contributed by atoms with E-state index in [9.17, 15) is 0 Å². The number of nitrogens with zero attached hydrogens (tertiary/aromatic N) is 4. The highest BCUT2D eigenvalue weighted by Gasteiger charge is 2.23. The largest absolute Gasteiger partial charge is 0.384 e. The van der Waals surface area contributed by atoms with E-state index in [1.165, 1.54) is 11.3 Å². The molecule has 5 nitrogen and oxygen atoms in total. The summed E-state index contributed by atoms with van der Waals surface area (Å²) in [5.41, 5.74) is 2.65. The zero-order chi connectivity index (χ0) is 12.8. The van der Waals surface area contributed by atoms with E-state index in [1.54, 1.807) is 11.3 Å². The molecule has 1 N–H and O–H groups in total. The first kappa shape index (κ1) is 10.9. The topological polar surface area (TPSA) is 55.1 Å². The van der Waals surface area contributed by atoms with E-state index in [-0.39, 0.29) is 0 Å². The molecule has 0 spiro atoms. The smallest absolute Gasteiger partial charge is 0.234 e. The number of nitrogens with one attached hydrogen (secondary N) is 1. The van der Waals surface area contributed by atoms with Crippen LogP contribution in [-0.2, 0) is 6.42 Å². The molecule has 1 aliphatic rings. The van der Waals surface area contributed by atoms with Crippen LogP contribution in [0.15, 0.2) is 24.3 Å². The number of anilines is 1. The lowest BCUT2D eigenvalue weighted by atomic mass is 9.98. The summed E-state index contributed by atoms with van der Waals surface area (Å²) in [7, 11) is 0. The second-order valence-electron chi connectivity index (χ2n) is 4.81. The van der Waals surface area contributed by atoms with Crippen LogP contribution < -0.4 is 5.32 Å². The molecule has 1 atom stereocenters. The van der Waals surface area contributed by atoms with Gasteiger partial charge in [0.05, 0.1) is 0 Å². The molecule has 1 aromatic carbocycles. The molecule has 0 aliphatic carbocycles. The van der Waals surface area contributed by atoms with E-state index in [1.807, 2.05) is 11.4 Å². The van der Waals surface area contributed by atoms with Gasteiger partial charge in [-0.05, 0) is 18.6 Å². The van der Waals surface area contributed by atoms with Gasteiger partial charge in [0.25, 0.3) is 0 Å². The van der Waals surface area contributed by atoms with Gasteiger partial charge in [-0.2, -0.15) is 9.61 Å². The molecule has 3 heterocycles. The maximum absolute atomic E-state index is 4.59. The van der Waals surface area contributed by atoms with Crippen molar-refractivity contribution in [3.63, 3.8) is 0 Å². The Bertz CT molecular complexity index is 744. The van der Waals surface area contributed by atoms with E-state index in [0.717, 1.165) is 28.8 Å². The van der Waals surface area contributed by atoms with E-state index < -0.39 is 0 Å². The highest BCUT2D eigenvalue weighted by atomic mass is 32.1. The zero-order valence-corrected chi connectivity index (χ0v) is 11.3. The molecule has 0 bridgehead atoms. The number of hydrogen-bond acceptors (Lipinski definition) is 5. The molecule has 3 aromatic rings. The van der Waals surface area contributed by atoms with Crippen LogP contribution in [0.1, 0.15) is 22.3 Å². The number of rotatable bonds is 2. The first-order chi connectivity index (χ1) is 9.31. The Kier molecular flexibility index (Phi) is 2.32. The van der Waals surface area contributed by atoms with Gasteiger partial charge in [-0.15, -0.1) is 10.2 Å². The van der Waals surface area contributed by atoms with Crippen molar-refractivity contribution in [2.24, 2.45) is 0 Å². The number of aromatic nitrogens is 4. The average molecular weight is 271 g/mol. The normalized spacial score (nSPS) is 17.6. The van der Waals surface area contributed by atoms with E-state index >= 15 is 0 Å². The lowest BCUT2D eigenvalue weighted by Crippen LogP contribution is -2.05. The number of fused-ring (bicyclic) bond motifs is 2.